The molecule has 0 aliphatic carbocycles. The Morgan fingerprint density at radius 1 is 1.29 bits per heavy atom. The summed E-state index contributed by atoms with van der Waals surface area (Å²) in [4.78, 5) is 21.2. The molecule has 0 saturated carbocycles. The van der Waals surface area contributed by atoms with E-state index in [-0.39, 0.29) is 5.91 Å². The number of piperazine rings is 1. The van der Waals surface area contributed by atoms with E-state index >= 15 is 0 Å². The molecular weight excluding hydrogens is 264 g/mol. The Labute approximate surface area is 127 Å². The molecule has 1 aromatic heterocycles. The lowest BCUT2D eigenvalue weighted by Crippen LogP contribution is -2.50. The molecule has 2 heterocycles. The number of anilines is 1. The van der Waals surface area contributed by atoms with Crippen LogP contribution in [0.2, 0.25) is 0 Å². The topological polar surface area (TPSA) is 62.5 Å². The highest BCUT2D eigenvalue weighted by Crippen LogP contribution is 2.14. The molecular formula is C16H26N4O. The standard InChI is InChI=1S/C16H26N4O/c1-4-5-14-10-13(11-15(17)18-14)16(21)20-8-6-19(7-9-20)12(2)3/h10-12H,4-9H2,1-3H3,(H2,17,18). The van der Waals surface area contributed by atoms with Gasteiger partial charge < -0.3 is 10.6 Å². The average molecular weight is 290 g/mol. The lowest BCUT2D eigenvalue weighted by molar-refractivity contribution is 0.0595. The van der Waals surface area contributed by atoms with Gasteiger partial charge in [0.05, 0.1) is 0 Å². The number of nitrogens with two attached hydrogens (primary N) is 1. The first-order valence-corrected chi connectivity index (χ1v) is 7.81. The highest BCUT2D eigenvalue weighted by Gasteiger charge is 2.23. The number of pyridine rings is 1. The minimum atomic E-state index is 0.0739. The minimum absolute atomic E-state index is 0.0739. The zero-order valence-corrected chi connectivity index (χ0v) is 13.3. The summed E-state index contributed by atoms with van der Waals surface area (Å²) in [6, 6.07) is 4.11. The number of hydrogen-bond donors (Lipinski definition) is 1. The second kappa shape index (κ2) is 6.89. The van der Waals surface area contributed by atoms with E-state index in [0.29, 0.717) is 17.4 Å². The first kappa shape index (κ1) is 15.8. The fraction of sp³-hybridized carbons (Fsp3) is 0.625. The largest absolute Gasteiger partial charge is 0.384 e. The van der Waals surface area contributed by atoms with Crippen LogP contribution in [0.5, 0.6) is 0 Å². The number of nitrogen functional groups attached to an aromatic ring is 1. The summed E-state index contributed by atoms with van der Waals surface area (Å²) in [5.41, 5.74) is 7.40. The van der Waals surface area contributed by atoms with Crippen LogP contribution >= 0.6 is 0 Å². The number of carbonyl (C=O) groups is 1. The van der Waals surface area contributed by atoms with Crippen molar-refractivity contribution < 1.29 is 4.79 Å². The first-order chi connectivity index (χ1) is 10.0. The van der Waals surface area contributed by atoms with Crippen molar-refractivity contribution in [2.75, 3.05) is 31.9 Å². The Kier molecular flexibility index (Phi) is 5.17. The van der Waals surface area contributed by atoms with E-state index in [2.05, 4.69) is 30.7 Å². The van der Waals surface area contributed by atoms with Crippen molar-refractivity contribution in [3.63, 3.8) is 0 Å². The molecule has 0 spiro atoms. The summed E-state index contributed by atoms with van der Waals surface area (Å²) in [5.74, 6) is 0.509. The van der Waals surface area contributed by atoms with Gasteiger partial charge in [-0.25, -0.2) is 4.98 Å². The van der Waals surface area contributed by atoms with Gasteiger partial charge in [-0.3, -0.25) is 9.69 Å². The quantitative estimate of drug-likeness (QED) is 0.918. The summed E-state index contributed by atoms with van der Waals surface area (Å²) < 4.78 is 0. The number of amides is 1. The molecule has 2 rings (SSSR count). The molecule has 0 unspecified atom stereocenters. The second-order valence-electron chi connectivity index (χ2n) is 5.94. The van der Waals surface area contributed by atoms with Gasteiger partial charge in [0.1, 0.15) is 5.82 Å². The Balaban J connectivity index is 2.07. The van der Waals surface area contributed by atoms with Crippen molar-refractivity contribution in [3.05, 3.63) is 23.4 Å². The number of nitrogens with zero attached hydrogens (tertiary/aromatic N) is 3. The fourth-order valence-electron chi connectivity index (χ4n) is 2.74. The van der Waals surface area contributed by atoms with E-state index in [1.54, 1.807) is 6.07 Å². The van der Waals surface area contributed by atoms with Crippen molar-refractivity contribution in [3.8, 4) is 0 Å². The maximum Gasteiger partial charge on any atom is 0.254 e. The summed E-state index contributed by atoms with van der Waals surface area (Å²) >= 11 is 0. The molecule has 0 bridgehead atoms. The lowest BCUT2D eigenvalue weighted by atomic mass is 10.1. The molecule has 1 amide bonds. The smallest absolute Gasteiger partial charge is 0.254 e. The third-order valence-corrected chi connectivity index (χ3v) is 3.98. The third kappa shape index (κ3) is 3.94. The van der Waals surface area contributed by atoms with Crippen LogP contribution in [0.25, 0.3) is 0 Å². The van der Waals surface area contributed by atoms with Crippen molar-refractivity contribution in [1.29, 1.82) is 0 Å². The van der Waals surface area contributed by atoms with Crippen LogP contribution in [0.15, 0.2) is 12.1 Å². The van der Waals surface area contributed by atoms with E-state index in [9.17, 15) is 4.79 Å². The molecule has 1 aromatic rings. The van der Waals surface area contributed by atoms with Crippen LogP contribution in [0.1, 0.15) is 43.2 Å². The summed E-state index contributed by atoms with van der Waals surface area (Å²) in [5, 5.41) is 0. The van der Waals surface area contributed by atoms with E-state index in [1.165, 1.54) is 0 Å². The molecule has 2 N–H and O–H groups in total. The van der Waals surface area contributed by atoms with Crippen LogP contribution in [0.4, 0.5) is 5.82 Å². The molecule has 1 fully saturated rings. The van der Waals surface area contributed by atoms with Gasteiger partial charge in [-0.05, 0) is 32.4 Å². The Morgan fingerprint density at radius 2 is 1.95 bits per heavy atom. The molecule has 0 radical (unpaired) electrons. The molecule has 1 aliphatic heterocycles. The van der Waals surface area contributed by atoms with Gasteiger partial charge in [0.15, 0.2) is 0 Å². The molecule has 0 aromatic carbocycles. The van der Waals surface area contributed by atoms with Gasteiger partial charge >= 0.3 is 0 Å². The normalized spacial score (nSPS) is 16.5. The average Bonchev–Trinajstić information content (AvgIpc) is 2.46. The maximum absolute atomic E-state index is 12.6. The van der Waals surface area contributed by atoms with E-state index in [1.807, 2.05) is 11.0 Å². The van der Waals surface area contributed by atoms with Gasteiger partial charge in [-0.1, -0.05) is 13.3 Å². The molecule has 5 nitrogen and oxygen atoms in total. The number of carbonyl (C=O) groups excluding carboxylic acids is 1. The van der Waals surface area contributed by atoms with Crippen LogP contribution in [0, 0.1) is 0 Å². The van der Waals surface area contributed by atoms with Gasteiger partial charge in [-0.2, -0.15) is 0 Å². The number of rotatable bonds is 4. The third-order valence-electron chi connectivity index (χ3n) is 3.98. The van der Waals surface area contributed by atoms with Crippen molar-refractivity contribution >= 4 is 11.7 Å². The van der Waals surface area contributed by atoms with Crippen LogP contribution in [-0.2, 0) is 6.42 Å². The Bertz CT molecular complexity index is 493. The zero-order valence-electron chi connectivity index (χ0n) is 13.3. The number of hydrogen-bond acceptors (Lipinski definition) is 4. The van der Waals surface area contributed by atoms with Crippen LogP contribution < -0.4 is 5.73 Å². The Morgan fingerprint density at radius 3 is 2.52 bits per heavy atom. The predicted octanol–water partition coefficient (Wildman–Crippen LogP) is 1.78. The number of aryl methyl sites for hydroxylation is 1. The van der Waals surface area contributed by atoms with Gasteiger partial charge in [0, 0.05) is 43.5 Å². The van der Waals surface area contributed by atoms with Crippen LogP contribution in [-0.4, -0.2) is 52.9 Å². The lowest BCUT2D eigenvalue weighted by Gasteiger charge is -2.37. The first-order valence-electron chi connectivity index (χ1n) is 7.81. The molecule has 116 valence electrons. The molecule has 0 atom stereocenters. The predicted molar refractivity (Wildman–Crippen MR) is 85.3 cm³/mol. The van der Waals surface area contributed by atoms with Crippen molar-refractivity contribution in [1.82, 2.24) is 14.8 Å². The SMILES string of the molecule is CCCc1cc(C(=O)N2CCN(C(C)C)CC2)cc(N)n1. The highest BCUT2D eigenvalue weighted by atomic mass is 16.2. The highest BCUT2D eigenvalue weighted by molar-refractivity contribution is 5.95. The Hall–Kier alpha value is -1.62. The fourth-order valence-corrected chi connectivity index (χ4v) is 2.74. The summed E-state index contributed by atoms with van der Waals surface area (Å²) in [6.07, 6.45) is 1.85. The van der Waals surface area contributed by atoms with E-state index < -0.39 is 0 Å². The van der Waals surface area contributed by atoms with Gasteiger partial charge in [-0.15, -0.1) is 0 Å². The van der Waals surface area contributed by atoms with Gasteiger partial charge in [0.25, 0.3) is 5.91 Å². The monoisotopic (exact) mass is 290 g/mol. The van der Waals surface area contributed by atoms with E-state index in [4.69, 9.17) is 5.73 Å². The molecule has 5 heteroatoms. The van der Waals surface area contributed by atoms with E-state index in [0.717, 1.165) is 44.7 Å². The maximum atomic E-state index is 12.6. The van der Waals surface area contributed by atoms with Crippen LogP contribution in [0.3, 0.4) is 0 Å². The minimum Gasteiger partial charge on any atom is -0.384 e. The summed E-state index contributed by atoms with van der Waals surface area (Å²) in [7, 11) is 0. The molecule has 21 heavy (non-hydrogen) atoms. The zero-order chi connectivity index (χ0) is 15.4. The second-order valence-corrected chi connectivity index (χ2v) is 5.94. The number of aromatic nitrogens is 1. The molecule has 1 aliphatic rings. The molecule has 1 saturated heterocycles. The summed E-state index contributed by atoms with van der Waals surface area (Å²) in [6.45, 7) is 9.91. The van der Waals surface area contributed by atoms with Gasteiger partial charge in [0.2, 0.25) is 0 Å². The van der Waals surface area contributed by atoms with Crippen molar-refractivity contribution in [2.45, 2.75) is 39.7 Å². The van der Waals surface area contributed by atoms with Crippen molar-refractivity contribution in [2.24, 2.45) is 0 Å².